The highest BCUT2D eigenvalue weighted by Crippen LogP contribution is 2.34. The number of para-hydroxylation sites is 1. The fourth-order valence-electron chi connectivity index (χ4n) is 1.74. The van der Waals surface area contributed by atoms with Gasteiger partial charge in [-0.25, -0.2) is 0 Å². The molecule has 0 radical (unpaired) electrons. The molecular weight excluding hydrogens is 233 g/mol. The van der Waals surface area contributed by atoms with Crippen molar-refractivity contribution in [3.63, 3.8) is 0 Å². The van der Waals surface area contributed by atoms with Gasteiger partial charge in [0.05, 0.1) is 6.61 Å². The molecule has 0 spiro atoms. The molecule has 102 valence electrons. The van der Waals surface area contributed by atoms with Crippen LogP contribution in [0.25, 0.3) is 0 Å². The Hall–Kier alpha value is -1.13. The average Bonchev–Trinajstić information content (AvgIpc) is 2.38. The van der Waals surface area contributed by atoms with Crippen molar-refractivity contribution in [2.45, 2.75) is 25.3 Å². The van der Waals surface area contributed by atoms with Gasteiger partial charge in [0.25, 0.3) is 0 Å². The van der Waals surface area contributed by atoms with Crippen LogP contribution in [0.4, 0.5) is 4.39 Å². The molecule has 0 fully saturated rings. The maximum Gasteiger partial charge on any atom is 0.123 e. The molecule has 0 amide bonds. The lowest BCUT2D eigenvalue weighted by Crippen LogP contribution is -2.43. The van der Waals surface area contributed by atoms with Gasteiger partial charge in [0, 0.05) is 24.1 Å². The van der Waals surface area contributed by atoms with Crippen LogP contribution in [-0.4, -0.2) is 33.0 Å². The largest absolute Gasteiger partial charge is 0.491 e. The lowest BCUT2D eigenvalue weighted by Gasteiger charge is -2.32. The zero-order valence-corrected chi connectivity index (χ0v) is 11.3. The summed E-state index contributed by atoms with van der Waals surface area (Å²) in [5, 5.41) is 0. The summed E-state index contributed by atoms with van der Waals surface area (Å²) in [6, 6.07) is 7.14. The van der Waals surface area contributed by atoms with Crippen molar-refractivity contribution in [1.29, 1.82) is 0 Å². The third-order valence-corrected chi connectivity index (χ3v) is 3.33. The second-order valence-corrected chi connectivity index (χ2v) is 4.68. The third kappa shape index (κ3) is 3.21. The standard InChI is InChI=1S/C14H22FNO2/c1-11(16)14(2,10-15)12-6-4-5-7-13(12)18-9-8-17-3/h4-7,11H,8-10,16H2,1-3H3. The Bertz CT molecular complexity index is 371. The molecule has 2 unspecified atom stereocenters. The highest BCUT2D eigenvalue weighted by Gasteiger charge is 2.33. The van der Waals surface area contributed by atoms with Crippen LogP contribution in [0.2, 0.25) is 0 Å². The molecule has 2 atom stereocenters. The zero-order valence-electron chi connectivity index (χ0n) is 11.3. The topological polar surface area (TPSA) is 44.5 Å². The molecule has 1 aromatic rings. The first-order valence-corrected chi connectivity index (χ1v) is 6.09. The van der Waals surface area contributed by atoms with Gasteiger partial charge in [0.1, 0.15) is 19.0 Å². The van der Waals surface area contributed by atoms with Gasteiger partial charge in [-0.15, -0.1) is 0 Å². The summed E-state index contributed by atoms with van der Waals surface area (Å²) < 4.78 is 24.0. The summed E-state index contributed by atoms with van der Waals surface area (Å²) in [5.41, 5.74) is 5.99. The van der Waals surface area contributed by atoms with Crippen molar-refractivity contribution in [3.8, 4) is 5.75 Å². The number of nitrogens with two attached hydrogens (primary N) is 1. The van der Waals surface area contributed by atoms with Gasteiger partial charge in [0.2, 0.25) is 0 Å². The molecule has 4 heteroatoms. The lowest BCUT2D eigenvalue weighted by atomic mass is 9.77. The second kappa shape index (κ2) is 6.71. The van der Waals surface area contributed by atoms with Crippen LogP contribution in [0.1, 0.15) is 19.4 Å². The SMILES string of the molecule is COCCOc1ccccc1C(C)(CF)C(C)N. The summed E-state index contributed by atoms with van der Waals surface area (Å²) >= 11 is 0. The minimum Gasteiger partial charge on any atom is -0.491 e. The highest BCUT2D eigenvalue weighted by atomic mass is 19.1. The van der Waals surface area contributed by atoms with Gasteiger partial charge in [0.15, 0.2) is 0 Å². The van der Waals surface area contributed by atoms with Crippen molar-refractivity contribution in [3.05, 3.63) is 29.8 Å². The summed E-state index contributed by atoms with van der Waals surface area (Å²) in [5.74, 6) is 0.673. The van der Waals surface area contributed by atoms with Crippen molar-refractivity contribution in [1.82, 2.24) is 0 Å². The summed E-state index contributed by atoms with van der Waals surface area (Å²) in [6.45, 7) is 4.05. The van der Waals surface area contributed by atoms with Crippen LogP contribution in [0, 0.1) is 0 Å². The van der Waals surface area contributed by atoms with E-state index in [0.29, 0.717) is 19.0 Å². The molecule has 1 aromatic carbocycles. The molecule has 0 saturated heterocycles. The average molecular weight is 255 g/mol. The van der Waals surface area contributed by atoms with Gasteiger partial charge in [-0.05, 0) is 13.0 Å². The maximum atomic E-state index is 13.4. The number of rotatable bonds is 7. The summed E-state index contributed by atoms with van der Waals surface area (Å²) in [7, 11) is 1.61. The zero-order chi connectivity index (χ0) is 13.6. The Morgan fingerprint density at radius 1 is 1.33 bits per heavy atom. The first kappa shape index (κ1) is 14.9. The molecule has 0 saturated carbocycles. The van der Waals surface area contributed by atoms with E-state index in [4.69, 9.17) is 15.2 Å². The van der Waals surface area contributed by atoms with Crippen molar-refractivity contribution < 1.29 is 13.9 Å². The predicted octanol–water partition coefficient (Wildman–Crippen LogP) is 2.29. The monoisotopic (exact) mass is 255 g/mol. The molecular formula is C14H22FNO2. The number of hydrogen-bond donors (Lipinski definition) is 1. The van der Waals surface area contributed by atoms with Gasteiger partial charge in [-0.3, -0.25) is 4.39 Å². The minimum atomic E-state index is -0.732. The number of halogens is 1. The predicted molar refractivity (Wildman–Crippen MR) is 70.8 cm³/mol. The minimum absolute atomic E-state index is 0.297. The smallest absolute Gasteiger partial charge is 0.123 e. The van der Waals surface area contributed by atoms with Crippen LogP contribution in [0.15, 0.2) is 24.3 Å². The van der Waals surface area contributed by atoms with Gasteiger partial charge in [-0.1, -0.05) is 25.1 Å². The molecule has 0 bridgehead atoms. The molecule has 1 rings (SSSR count). The highest BCUT2D eigenvalue weighted by molar-refractivity contribution is 5.40. The fourth-order valence-corrected chi connectivity index (χ4v) is 1.74. The Labute approximate surface area is 108 Å². The Morgan fingerprint density at radius 2 is 2.00 bits per heavy atom. The van der Waals surface area contributed by atoms with Gasteiger partial charge < -0.3 is 15.2 Å². The summed E-state index contributed by atoms with van der Waals surface area (Å²) in [4.78, 5) is 0. The fraction of sp³-hybridized carbons (Fsp3) is 0.571. The molecule has 3 nitrogen and oxygen atoms in total. The van der Waals surface area contributed by atoms with Crippen molar-refractivity contribution in [2.24, 2.45) is 5.73 Å². The Morgan fingerprint density at radius 3 is 2.56 bits per heavy atom. The van der Waals surface area contributed by atoms with E-state index in [1.165, 1.54) is 0 Å². The van der Waals surface area contributed by atoms with Crippen LogP contribution >= 0.6 is 0 Å². The Balaban J connectivity index is 2.99. The molecule has 0 aliphatic rings. The third-order valence-electron chi connectivity index (χ3n) is 3.33. The number of ether oxygens (including phenoxy) is 2. The van der Waals surface area contributed by atoms with Gasteiger partial charge in [-0.2, -0.15) is 0 Å². The molecule has 2 N–H and O–H groups in total. The van der Waals surface area contributed by atoms with Crippen LogP contribution in [0.5, 0.6) is 5.75 Å². The van der Waals surface area contributed by atoms with Gasteiger partial charge >= 0.3 is 0 Å². The molecule has 18 heavy (non-hydrogen) atoms. The Kier molecular flexibility index (Phi) is 5.56. The van der Waals surface area contributed by atoms with E-state index >= 15 is 0 Å². The van der Waals surface area contributed by atoms with Crippen molar-refractivity contribution >= 4 is 0 Å². The number of hydrogen-bond acceptors (Lipinski definition) is 3. The van der Waals surface area contributed by atoms with E-state index in [0.717, 1.165) is 5.56 Å². The first-order valence-electron chi connectivity index (χ1n) is 6.09. The van der Waals surface area contributed by atoms with E-state index in [2.05, 4.69) is 0 Å². The van der Waals surface area contributed by atoms with E-state index in [1.54, 1.807) is 7.11 Å². The first-order chi connectivity index (χ1) is 8.56. The van der Waals surface area contributed by atoms with E-state index < -0.39 is 12.1 Å². The van der Waals surface area contributed by atoms with Crippen molar-refractivity contribution in [2.75, 3.05) is 27.0 Å². The molecule has 0 aliphatic carbocycles. The normalized spacial score (nSPS) is 16.1. The number of alkyl halides is 1. The lowest BCUT2D eigenvalue weighted by molar-refractivity contribution is 0.144. The number of benzene rings is 1. The van der Waals surface area contributed by atoms with E-state index in [9.17, 15) is 4.39 Å². The maximum absolute atomic E-state index is 13.4. The number of methoxy groups -OCH3 is 1. The van der Waals surface area contributed by atoms with Crippen LogP contribution in [0.3, 0.4) is 0 Å². The summed E-state index contributed by atoms with van der Waals surface area (Å²) in [6.07, 6.45) is 0. The van der Waals surface area contributed by atoms with E-state index in [1.807, 2.05) is 38.1 Å². The van der Waals surface area contributed by atoms with E-state index in [-0.39, 0.29) is 6.04 Å². The van der Waals surface area contributed by atoms with Crippen LogP contribution < -0.4 is 10.5 Å². The van der Waals surface area contributed by atoms with Crippen LogP contribution in [-0.2, 0) is 10.2 Å². The molecule has 0 aromatic heterocycles. The molecule has 0 aliphatic heterocycles. The molecule has 0 heterocycles. The quantitative estimate of drug-likeness (QED) is 0.760. The second-order valence-electron chi connectivity index (χ2n) is 4.68.